The van der Waals surface area contributed by atoms with Crippen molar-refractivity contribution < 1.29 is 24.7 Å². The zero-order valence-corrected chi connectivity index (χ0v) is 9.99. The lowest BCUT2D eigenvalue weighted by molar-refractivity contribution is -0.384. The van der Waals surface area contributed by atoms with Crippen LogP contribution in [0, 0.1) is 17.0 Å². The van der Waals surface area contributed by atoms with Crippen molar-refractivity contribution in [3.8, 4) is 0 Å². The molecule has 0 saturated carbocycles. The number of rotatable bonds is 5. The Morgan fingerprint density at radius 2 is 2.11 bits per heavy atom. The van der Waals surface area contributed by atoms with Crippen molar-refractivity contribution >= 4 is 17.6 Å². The lowest BCUT2D eigenvalue weighted by Crippen LogP contribution is -2.43. The summed E-state index contributed by atoms with van der Waals surface area (Å²) in [6.07, 6.45) is 0. The zero-order chi connectivity index (χ0) is 14.6. The second kappa shape index (κ2) is 5.91. The molecule has 0 aliphatic rings. The smallest absolute Gasteiger partial charge is 0.328 e. The van der Waals surface area contributed by atoms with E-state index in [0.717, 1.165) is 6.07 Å². The fourth-order valence-corrected chi connectivity index (χ4v) is 1.39. The van der Waals surface area contributed by atoms with E-state index in [4.69, 9.17) is 10.2 Å². The second-order valence-electron chi connectivity index (χ2n) is 3.80. The normalized spacial score (nSPS) is 11.7. The first kappa shape index (κ1) is 14.6. The van der Waals surface area contributed by atoms with Gasteiger partial charge in [-0.15, -0.1) is 0 Å². The molecule has 8 heteroatoms. The molecular formula is C11H12N2O6. The highest BCUT2D eigenvalue weighted by molar-refractivity contribution is 5.98. The third-order valence-electron chi connectivity index (χ3n) is 2.46. The minimum absolute atomic E-state index is 0.00565. The Morgan fingerprint density at radius 1 is 1.47 bits per heavy atom. The highest BCUT2D eigenvalue weighted by Gasteiger charge is 2.21. The number of nitrogens with zero attached hydrogens (tertiary/aromatic N) is 1. The molecule has 1 aromatic rings. The largest absolute Gasteiger partial charge is 0.480 e. The van der Waals surface area contributed by atoms with Crippen molar-refractivity contribution in [3.63, 3.8) is 0 Å². The van der Waals surface area contributed by atoms with Crippen molar-refractivity contribution in [2.75, 3.05) is 6.61 Å². The molecule has 0 aliphatic heterocycles. The van der Waals surface area contributed by atoms with Gasteiger partial charge < -0.3 is 15.5 Å². The van der Waals surface area contributed by atoms with E-state index in [0.29, 0.717) is 5.56 Å². The number of aliphatic hydroxyl groups excluding tert-OH is 1. The molecule has 1 aromatic carbocycles. The molecule has 19 heavy (non-hydrogen) atoms. The van der Waals surface area contributed by atoms with E-state index in [-0.39, 0.29) is 11.3 Å². The number of nitro groups is 1. The van der Waals surface area contributed by atoms with E-state index in [9.17, 15) is 19.7 Å². The van der Waals surface area contributed by atoms with Crippen LogP contribution in [0.1, 0.15) is 15.9 Å². The Hall–Kier alpha value is -2.48. The number of carboxylic acids is 1. The number of carboxylic acid groups (broad SMARTS) is 1. The van der Waals surface area contributed by atoms with Crippen molar-refractivity contribution in [2.45, 2.75) is 13.0 Å². The molecule has 102 valence electrons. The van der Waals surface area contributed by atoms with Crippen molar-refractivity contribution in [2.24, 2.45) is 0 Å². The Labute approximate surface area is 107 Å². The van der Waals surface area contributed by atoms with Crippen LogP contribution in [0.2, 0.25) is 0 Å². The summed E-state index contributed by atoms with van der Waals surface area (Å²) in [6, 6.07) is 2.24. The minimum Gasteiger partial charge on any atom is -0.480 e. The third kappa shape index (κ3) is 3.49. The van der Waals surface area contributed by atoms with Crippen molar-refractivity contribution in [3.05, 3.63) is 39.4 Å². The van der Waals surface area contributed by atoms with Gasteiger partial charge in [0.2, 0.25) is 0 Å². The molecule has 0 aliphatic carbocycles. The molecule has 1 amide bonds. The second-order valence-corrected chi connectivity index (χ2v) is 3.80. The SMILES string of the molecule is Cc1ccc([N+](=O)[O-])cc1C(=O)N[C@@H](CO)C(=O)O. The average molecular weight is 268 g/mol. The van der Waals surface area contributed by atoms with Crippen LogP contribution in [0.15, 0.2) is 18.2 Å². The molecule has 0 spiro atoms. The molecule has 0 saturated heterocycles. The summed E-state index contributed by atoms with van der Waals surface area (Å²) in [5.41, 5.74) is 0.186. The number of benzene rings is 1. The molecule has 0 heterocycles. The van der Waals surface area contributed by atoms with Crippen LogP contribution in [0.4, 0.5) is 5.69 Å². The van der Waals surface area contributed by atoms with Gasteiger partial charge in [-0.05, 0) is 12.5 Å². The van der Waals surface area contributed by atoms with E-state index in [1.807, 2.05) is 0 Å². The molecule has 1 atom stereocenters. The van der Waals surface area contributed by atoms with Crippen LogP contribution < -0.4 is 5.32 Å². The molecule has 0 bridgehead atoms. The number of carbonyl (C=O) groups excluding carboxylic acids is 1. The predicted octanol–water partition coefficient (Wildman–Crippen LogP) is 0.0785. The van der Waals surface area contributed by atoms with E-state index in [1.54, 1.807) is 6.92 Å². The number of aliphatic hydroxyl groups is 1. The predicted molar refractivity (Wildman–Crippen MR) is 63.8 cm³/mol. The number of carbonyl (C=O) groups is 2. The Morgan fingerprint density at radius 3 is 2.58 bits per heavy atom. The molecule has 8 nitrogen and oxygen atoms in total. The number of amides is 1. The number of nitro benzene ring substituents is 1. The summed E-state index contributed by atoms with van der Waals surface area (Å²) in [5, 5.41) is 30.2. The first-order valence-corrected chi connectivity index (χ1v) is 5.26. The molecule has 0 unspecified atom stereocenters. The maximum atomic E-state index is 11.8. The maximum Gasteiger partial charge on any atom is 0.328 e. The number of aliphatic carboxylic acids is 1. The third-order valence-corrected chi connectivity index (χ3v) is 2.46. The number of non-ortho nitro benzene ring substituents is 1. The lowest BCUT2D eigenvalue weighted by Gasteiger charge is -2.12. The number of hydrogen-bond acceptors (Lipinski definition) is 5. The summed E-state index contributed by atoms with van der Waals surface area (Å²) in [6.45, 7) is 0.794. The minimum atomic E-state index is -1.45. The fourth-order valence-electron chi connectivity index (χ4n) is 1.39. The van der Waals surface area contributed by atoms with Crippen LogP contribution in [0.25, 0.3) is 0 Å². The van der Waals surface area contributed by atoms with Gasteiger partial charge in [0.05, 0.1) is 11.5 Å². The molecular weight excluding hydrogens is 256 g/mol. The van der Waals surface area contributed by atoms with Crippen molar-refractivity contribution in [1.29, 1.82) is 0 Å². The summed E-state index contributed by atoms with van der Waals surface area (Å²) in [7, 11) is 0. The first-order chi connectivity index (χ1) is 8.86. The topological polar surface area (TPSA) is 130 Å². The van der Waals surface area contributed by atoms with Gasteiger partial charge in [0.15, 0.2) is 6.04 Å². The van der Waals surface area contributed by atoms with Crippen LogP contribution >= 0.6 is 0 Å². The van der Waals surface area contributed by atoms with Gasteiger partial charge in [-0.2, -0.15) is 0 Å². The van der Waals surface area contributed by atoms with Gasteiger partial charge in [0, 0.05) is 17.7 Å². The highest BCUT2D eigenvalue weighted by atomic mass is 16.6. The zero-order valence-electron chi connectivity index (χ0n) is 9.99. The van der Waals surface area contributed by atoms with Gasteiger partial charge >= 0.3 is 5.97 Å². The summed E-state index contributed by atoms with van der Waals surface area (Å²) in [5.74, 6) is -2.18. The Balaban J connectivity index is 3.02. The monoisotopic (exact) mass is 268 g/mol. The molecule has 1 rings (SSSR count). The lowest BCUT2D eigenvalue weighted by atomic mass is 10.1. The van der Waals surface area contributed by atoms with Gasteiger partial charge in [-0.1, -0.05) is 6.07 Å². The Bertz CT molecular complexity index is 528. The number of hydrogen-bond donors (Lipinski definition) is 3. The molecule has 0 aromatic heterocycles. The van der Waals surface area contributed by atoms with Crippen molar-refractivity contribution in [1.82, 2.24) is 5.32 Å². The van der Waals surface area contributed by atoms with Crippen LogP contribution in [-0.2, 0) is 4.79 Å². The first-order valence-electron chi connectivity index (χ1n) is 5.26. The van der Waals surface area contributed by atoms with Crippen LogP contribution in [0.3, 0.4) is 0 Å². The van der Waals surface area contributed by atoms with E-state index in [2.05, 4.69) is 5.32 Å². The van der Waals surface area contributed by atoms with Gasteiger partial charge in [0.1, 0.15) is 0 Å². The highest BCUT2D eigenvalue weighted by Crippen LogP contribution is 2.17. The van der Waals surface area contributed by atoms with E-state index in [1.165, 1.54) is 12.1 Å². The van der Waals surface area contributed by atoms with E-state index >= 15 is 0 Å². The average Bonchev–Trinajstić information content (AvgIpc) is 2.35. The Kier molecular flexibility index (Phi) is 4.54. The van der Waals surface area contributed by atoms with Crippen LogP contribution in [0.5, 0.6) is 0 Å². The van der Waals surface area contributed by atoms with Crippen LogP contribution in [-0.4, -0.2) is 39.7 Å². The fraction of sp³-hybridized carbons (Fsp3) is 0.273. The summed E-state index contributed by atoms with van der Waals surface area (Å²) >= 11 is 0. The quantitative estimate of drug-likeness (QED) is 0.512. The van der Waals surface area contributed by atoms with Gasteiger partial charge in [-0.3, -0.25) is 14.9 Å². The van der Waals surface area contributed by atoms with Gasteiger partial charge in [-0.25, -0.2) is 4.79 Å². The summed E-state index contributed by atoms with van der Waals surface area (Å²) in [4.78, 5) is 32.4. The number of nitrogens with one attached hydrogen (secondary N) is 1. The number of aryl methyl sites for hydroxylation is 1. The van der Waals surface area contributed by atoms with E-state index < -0.39 is 29.4 Å². The maximum absolute atomic E-state index is 11.8. The molecule has 0 fully saturated rings. The summed E-state index contributed by atoms with van der Waals surface area (Å²) < 4.78 is 0. The molecule has 3 N–H and O–H groups in total. The standard InChI is InChI=1S/C11H12N2O6/c1-6-2-3-7(13(18)19)4-8(6)10(15)12-9(5-14)11(16)17/h2-4,9,14H,5H2,1H3,(H,12,15)(H,16,17)/t9-/m0/s1. The van der Waals surface area contributed by atoms with Gasteiger partial charge in [0.25, 0.3) is 11.6 Å². The molecule has 0 radical (unpaired) electrons.